The van der Waals surface area contributed by atoms with Crippen molar-refractivity contribution in [3.05, 3.63) is 220 Å². The Labute approximate surface area is 475 Å². The zero-order valence-electron chi connectivity index (χ0n) is 47.1. The van der Waals surface area contributed by atoms with Gasteiger partial charge in [-0.1, -0.05) is 187 Å². The molecule has 1 atom stereocenters. The molecule has 5 nitrogen and oxygen atoms in total. The molecule has 0 amide bonds. The maximum atomic E-state index is 12.8. The van der Waals surface area contributed by atoms with Gasteiger partial charge < -0.3 is 19.2 Å². The summed E-state index contributed by atoms with van der Waals surface area (Å²) < 4.78 is 18.3. The summed E-state index contributed by atoms with van der Waals surface area (Å²) in [5.74, 6) is 12.1. The van der Waals surface area contributed by atoms with Crippen molar-refractivity contribution in [2.45, 2.75) is 128 Å². The summed E-state index contributed by atoms with van der Waals surface area (Å²) in [6.07, 6.45) is 27.6. The minimum atomic E-state index is -0.713. The molecule has 0 fully saturated rings. The van der Waals surface area contributed by atoms with E-state index in [9.17, 15) is 4.79 Å². The quantitative estimate of drug-likeness (QED) is 0.0352. The van der Waals surface area contributed by atoms with Gasteiger partial charge in [-0.2, -0.15) is 0 Å². The number of aryl methyl sites for hydroxylation is 2. The van der Waals surface area contributed by atoms with Gasteiger partial charge in [0.15, 0.2) is 0 Å². The number of unbranched alkanes of at least 4 members (excludes halogenated alkanes) is 10. The van der Waals surface area contributed by atoms with Crippen molar-refractivity contribution in [3.63, 3.8) is 0 Å². The maximum Gasteiger partial charge on any atom is 0.209 e. The molecule has 0 spiro atoms. The maximum absolute atomic E-state index is 12.8. The molecule has 2 aliphatic carbocycles. The van der Waals surface area contributed by atoms with Gasteiger partial charge in [0.2, 0.25) is 5.78 Å². The van der Waals surface area contributed by atoms with Gasteiger partial charge in [0.05, 0.1) is 11.1 Å². The van der Waals surface area contributed by atoms with Crippen LogP contribution in [0.25, 0.3) is 33.4 Å². The highest BCUT2D eigenvalue weighted by molar-refractivity contribution is 6.07. The average Bonchev–Trinajstić information content (AvgIpc) is 2.92. The summed E-state index contributed by atoms with van der Waals surface area (Å²) in [4.78, 5) is 15.8. The van der Waals surface area contributed by atoms with E-state index in [1.807, 2.05) is 30.3 Å². The number of fused-ring (bicyclic) bond motifs is 6. The van der Waals surface area contributed by atoms with Crippen molar-refractivity contribution in [1.82, 2.24) is 4.98 Å². The summed E-state index contributed by atoms with van der Waals surface area (Å²) >= 11 is 0. The molecule has 0 saturated carbocycles. The van der Waals surface area contributed by atoms with Crippen LogP contribution in [0.3, 0.4) is 0 Å². The summed E-state index contributed by atoms with van der Waals surface area (Å²) in [6, 6.07) is 56.5. The first-order valence-corrected chi connectivity index (χ1v) is 29.2. The summed E-state index contributed by atoms with van der Waals surface area (Å²) in [5.41, 5.74) is 18.3. The molecule has 0 saturated heterocycles. The largest absolute Gasteiger partial charge is 0.490 e. The molecule has 0 bridgehead atoms. The molecule has 0 radical (unpaired) electrons. The van der Waals surface area contributed by atoms with E-state index in [0.29, 0.717) is 36.0 Å². The molecule has 5 heteroatoms. The monoisotopic (exact) mass is 1050 g/mol. The van der Waals surface area contributed by atoms with Crippen LogP contribution in [0.2, 0.25) is 0 Å². The Bertz CT molecular complexity index is 3590. The Morgan fingerprint density at radius 2 is 0.975 bits per heavy atom. The van der Waals surface area contributed by atoms with Crippen molar-refractivity contribution >= 4 is 5.78 Å². The van der Waals surface area contributed by atoms with Gasteiger partial charge in [0.1, 0.15) is 36.6 Å². The number of rotatable bonds is 25. The van der Waals surface area contributed by atoms with E-state index in [4.69, 9.17) is 20.6 Å². The predicted molar refractivity (Wildman–Crippen MR) is 328 cm³/mol. The Balaban J connectivity index is 1.02. The van der Waals surface area contributed by atoms with Crippen molar-refractivity contribution in [3.8, 4) is 86.8 Å². The number of benzene rings is 7. The number of hydrogen-bond acceptors (Lipinski definition) is 4. The third-order valence-electron chi connectivity index (χ3n) is 16.6. The van der Waals surface area contributed by atoms with Gasteiger partial charge >= 0.3 is 0 Å². The molecule has 1 unspecified atom stereocenters. The average molecular weight is 1050 g/mol. The summed E-state index contributed by atoms with van der Waals surface area (Å²) in [7, 11) is 0. The Kier molecular flexibility index (Phi) is 17.6. The molecule has 402 valence electrons. The van der Waals surface area contributed by atoms with Crippen molar-refractivity contribution < 1.29 is 19.0 Å². The SMILES string of the molecule is C#CC#CC#COc1ccc(C2(c3ccc(OCCOc4ccc(C(=O)c5ccc[nH]5)cc4)cc3)c3cc(C)ccc3-c3ccc(-c4ccc5c(c4)C(CCCCCCCC)(CCCCCCCC)c4cc(C)ccc4-5)cc32)cc1. The number of H-pyrrole nitrogens is 1. The zero-order valence-corrected chi connectivity index (χ0v) is 47.1. The molecule has 0 aliphatic heterocycles. The fourth-order valence-corrected chi connectivity index (χ4v) is 12.7. The molecule has 2 aliphatic rings. The smallest absolute Gasteiger partial charge is 0.209 e. The highest BCUT2D eigenvalue weighted by Crippen LogP contribution is 2.59. The third-order valence-corrected chi connectivity index (χ3v) is 16.6. The number of ether oxygens (including phenoxy) is 3. The molecule has 8 aromatic rings. The first kappa shape index (κ1) is 54.9. The van der Waals surface area contributed by atoms with Crippen LogP contribution in [0.15, 0.2) is 164 Å². The van der Waals surface area contributed by atoms with Crippen LogP contribution in [-0.4, -0.2) is 24.0 Å². The lowest BCUT2D eigenvalue weighted by molar-refractivity contribution is 0.103. The lowest BCUT2D eigenvalue weighted by Crippen LogP contribution is -2.28. The van der Waals surface area contributed by atoms with Crippen LogP contribution in [0.4, 0.5) is 0 Å². The fourth-order valence-electron chi connectivity index (χ4n) is 12.7. The molecule has 10 rings (SSSR count). The van der Waals surface area contributed by atoms with Crippen molar-refractivity contribution in [2.24, 2.45) is 0 Å². The molecular formula is C75H73NO4. The molecule has 80 heavy (non-hydrogen) atoms. The second kappa shape index (κ2) is 25.6. The van der Waals surface area contributed by atoms with Gasteiger partial charge in [-0.05, 0) is 178 Å². The number of nitrogens with one attached hydrogen (secondary N) is 1. The van der Waals surface area contributed by atoms with Gasteiger partial charge in [-0.3, -0.25) is 4.79 Å². The van der Waals surface area contributed by atoms with E-state index in [-0.39, 0.29) is 11.2 Å². The van der Waals surface area contributed by atoms with Crippen LogP contribution < -0.4 is 14.2 Å². The fraction of sp³-hybridized carbons (Fsp3) is 0.293. The van der Waals surface area contributed by atoms with Crippen LogP contribution in [-0.2, 0) is 10.8 Å². The number of aromatic amines is 1. The molecule has 1 N–H and O–H groups in total. The lowest BCUT2D eigenvalue weighted by atomic mass is 9.67. The van der Waals surface area contributed by atoms with Gasteiger partial charge in [0, 0.05) is 29.0 Å². The molecular weight excluding hydrogens is 979 g/mol. The lowest BCUT2D eigenvalue weighted by Gasteiger charge is -2.34. The molecule has 7 aromatic carbocycles. The number of ketones is 1. The second-order valence-electron chi connectivity index (χ2n) is 21.9. The Morgan fingerprint density at radius 1 is 0.500 bits per heavy atom. The standard InChI is InChI=1S/C75H73NO4/c1-6-9-12-15-17-19-44-74(45-20-18-16-13-10-7-2)68-50-54(4)24-40-64(68)65-42-28-57(52-69(65)74)58-29-43-67-66-41-25-55(5)51-70(66)75(71(67)53-58,59-30-36-62(37-31-59)78-47-21-14-11-8-3)60-32-38-63(39-33-60)80-49-48-79-61-34-26-56(27-35-61)73(77)72-23-22-46-76-72/h3,22-43,46,50-53,76H,6-7,9-10,12-13,15-20,44-45,48-49H2,1-2,4-5H3. The predicted octanol–water partition coefficient (Wildman–Crippen LogP) is 18.1. The normalized spacial score (nSPS) is 14.0. The summed E-state index contributed by atoms with van der Waals surface area (Å²) in [5, 5.41) is 0. The van der Waals surface area contributed by atoms with E-state index in [1.54, 1.807) is 24.4 Å². The van der Waals surface area contributed by atoms with Crippen LogP contribution in [0.1, 0.15) is 164 Å². The van der Waals surface area contributed by atoms with Crippen molar-refractivity contribution in [2.75, 3.05) is 13.2 Å². The van der Waals surface area contributed by atoms with Crippen LogP contribution in [0.5, 0.6) is 17.2 Å². The number of aromatic nitrogens is 1. The van der Waals surface area contributed by atoms with E-state index in [0.717, 1.165) is 16.9 Å². The van der Waals surface area contributed by atoms with Crippen LogP contribution in [0, 0.1) is 50.1 Å². The minimum Gasteiger partial charge on any atom is -0.490 e. The highest BCUT2D eigenvalue weighted by atomic mass is 16.5. The second-order valence-corrected chi connectivity index (χ2v) is 21.9. The Morgan fingerprint density at radius 3 is 1.52 bits per heavy atom. The number of carbonyl (C=O) groups is 1. The van der Waals surface area contributed by atoms with Gasteiger partial charge in [-0.25, -0.2) is 0 Å². The van der Waals surface area contributed by atoms with E-state index in [1.165, 1.54) is 157 Å². The highest BCUT2D eigenvalue weighted by Gasteiger charge is 2.47. The van der Waals surface area contributed by atoms with Gasteiger partial charge in [0.25, 0.3) is 0 Å². The zero-order chi connectivity index (χ0) is 55.3. The minimum absolute atomic E-state index is 0.0371. The number of carbonyl (C=O) groups excluding carboxylic acids is 1. The summed E-state index contributed by atoms with van der Waals surface area (Å²) in [6.45, 7) is 9.74. The van der Waals surface area contributed by atoms with Crippen LogP contribution >= 0.6 is 0 Å². The number of hydrogen-bond donors (Lipinski definition) is 1. The van der Waals surface area contributed by atoms with Gasteiger partial charge in [-0.15, -0.1) is 6.42 Å². The topological polar surface area (TPSA) is 60.6 Å². The van der Waals surface area contributed by atoms with E-state index in [2.05, 4.69) is 172 Å². The van der Waals surface area contributed by atoms with E-state index < -0.39 is 5.41 Å². The Hall–Kier alpha value is -8.43. The third kappa shape index (κ3) is 11.5. The van der Waals surface area contributed by atoms with Crippen molar-refractivity contribution in [1.29, 1.82) is 0 Å². The number of terminal acetylenes is 1. The first-order chi connectivity index (χ1) is 39.3. The first-order valence-electron chi connectivity index (χ1n) is 29.2. The molecule has 1 heterocycles. The van der Waals surface area contributed by atoms with E-state index >= 15 is 0 Å². The molecule has 1 aromatic heterocycles.